The molecule has 0 unspecified atom stereocenters. The molecule has 0 aromatic heterocycles. The Balaban J connectivity index is 0. The van der Waals surface area contributed by atoms with E-state index >= 15 is 0 Å². The number of ether oxygens (including phenoxy) is 2. The van der Waals surface area contributed by atoms with Crippen LogP contribution in [0.2, 0.25) is 0 Å². The second-order valence-corrected chi connectivity index (χ2v) is 14.4. The lowest BCUT2D eigenvalue weighted by atomic mass is 10.1. The molecule has 2 N–H and O–H groups in total. The van der Waals surface area contributed by atoms with E-state index in [0.717, 1.165) is 89.9 Å². The third-order valence-electron chi connectivity index (χ3n) is 8.65. The second kappa shape index (κ2) is 52.4. The lowest BCUT2D eigenvalue weighted by Crippen LogP contribution is -2.28. The van der Waals surface area contributed by atoms with Crippen molar-refractivity contribution in [3.05, 3.63) is 146 Å². The monoisotopic (exact) mass is 857 g/mol. The standard InChI is InChI=1S/C47H68O5.C8H16O2/c1-3-5-7-9-11-13-15-17-19-21-23-25-27-29-31-33-35-37-39-41-46(49)51-44-45(43-48)52-47(50)42-40-38-36-34-32-30-28-26-24-22-20-18-16-14-12-10-8-6-4-2;1-2-3-4-5-6-7-8(9)10/h5-8,11-14,17-20,23-26,29-32,35-38,45,48H,3-4,9-10,15-16,21-22,27-28,33-34,39-44H2,1-2H3;2-7H2,1H3,(H,9,10)/b7-5-,8-6-,13-11-,14-12-,19-17-,20-18-,25-23-,26-24-,31-29-,32-30-,37-35-,38-36-;/t45-;/m0./s1. The van der Waals surface area contributed by atoms with Gasteiger partial charge in [0.05, 0.1) is 6.61 Å². The van der Waals surface area contributed by atoms with Crippen LogP contribution in [-0.2, 0) is 23.9 Å². The van der Waals surface area contributed by atoms with Gasteiger partial charge in [-0.15, -0.1) is 0 Å². The molecule has 0 heterocycles. The van der Waals surface area contributed by atoms with Gasteiger partial charge in [-0.2, -0.15) is 0 Å². The van der Waals surface area contributed by atoms with Crippen LogP contribution in [0.3, 0.4) is 0 Å². The van der Waals surface area contributed by atoms with Gasteiger partial charge in [-0.1, -0.05) is 192 Å². The number of rotatable bonds is 38. The summed E-state index contributed by atoms with van der Waals surface area (Å²) in [6, 6.07) is 0. The summed E-state index contributed by atoms with van der Waals surface area (Å²) < 4.78 is 10.5. The van der Waals surface area contributed by atoms with Gasteiger partial charge in [-0.25, -0.2) is 0 Å². The fourth-order valence-corrected chi connectivity index (χ4v) is 5.19. The van der Waals surface area contributed by atoms with Crippen molar-refractivity contribution in [2.24, 2.45) is 0 Å². The van der Waals surface area contributed by atoms with Gasteiger partial charge in [0.25, 0.3) is 0 Å². The number of unbranched alkanes of at least 4 members (excludes halogenated alkanes) is 4. The number of hydrogen-bond acceptors (Lipinski definition) is 6. The minimum atomic E-state index is -0.854. The van der Waals surface area contributed by atoms with Gasteiger partial charge in [0, 0.05) is 19.3 Å². The summed E-state index contributed by atoms with van der Waals surface area (Å²) in [6.07, 6.45) is 69.4. The summed E-state index contributed by atoms with van der Waals surface area (Å²) in [5, 5.41) is 17.8. The van der Waals surface area contributed by atoms with Crippen molar-refractivity contribution >= 4 is 17.9 Å². The molecule has 346 valence electrons. The van der Waals surface area contributed by atoms with Gasteiger partial charge >= 0.3 is 17.9 Å². The Bertz CT molecular complexity index is 1410. The van der Waals surface area contributed by atoms with Crippen LogP contribution in [0.4, 0.5) is 0 Å². The van der Waals surface area contributed by atoms with Crippen LogP contribution < -0.4 is 0 Å². The van der Waals surface area contributed by atoms with Gasteiger partial charge in [0.1, 0.15) is 6.61 Å². The summed E-state index contributed by atoms with van der Waals surface area (Å²) in [5.74, 6) is -1.48. The number of carbonyl (C=O) groups is 3. The maximum atomic E-state index is 12.1. The first-order valence-electron chi connectivity index (χ1n) is 23.4. The molecule has 0 saturated carbocycles. The van der Waals surface area contributed by atoms with Crippen LogP contribution >= 0.6 is 0 Å². The minimum Gasteiger partial charge on any atom is -0.481 e. The number of allylic oxidation sites excluding steroid dienone is 24. The molecule has 0 aromatic carbocycles. The molecule has 0 aliphatic rings. The zero-order chi connectivity index (χ0) is 45.7. The van der Waals surface area contributed by atoms with Gasteiger partial charge in [-0.3, -0.25) is 14.4 Å². The highest BCUT2D eigenvalue weighted by Gasteiger charge is 2.15. The molecule has 0 aliphatic heterocycles. The van der Waals surface area contributed by atoms with E-state index in [1.165, 1.54) is 19.3 Å². The van der Waals surface area contributed by atoms with Gasteiger partial charge in [0.2, 0.25) is 0 Å². The van der Waals surface area contributed by atoms with Crippen LogP contribution in [0, 0.1) is 0 Å². The lowest BCUT2D eigenvalue weighted by Gasteiger charge is -2.15. The zero-order valence-electron chi connectivity index (χ0n) is 38.8. The van der Waals surface area contributed by atoms with E-state index in [9.17, 15) is 19.5 Å². The Morgan fingerprint density at radius 1 is 0.419 bits per heavy atom. The second-order valence-electron chi connectivity index (χ2n) is 14.4. The van der Waals surface area contributed by atoms with Gasteiger partial charge in [-0.05, 0) is 96.3 Å². The molecule has 0 amide bonds. The quantitative estimate of drug-likeness (QED) is 0.0361. The highest BCUT2D eigenvalue weighted by Crippen LogP contribution is 2.06. The van der Waals surface area contributed by atoms with Crippen LogP contribution in [0.25, 0.3) is 0 Å². The fourth-order valence-electron chi connectivity index (χ4n) is 5.19. The summed E-state index contributed by atoms with van der Waals surface area (Å²) in [6.45, 7) is 5.89. The van der Waals surface area contributed by atoms with Crippen LogP contribution in [0.5, 0.6) is 0 Å². The van der Waals surface area contributed by atoms with Gasteiger partial charge < -0.3 is 19.7 Å². The minimum absolute atomic E-state index is 0.148. The third kappa shape index (κ3) is 53.3. The lowest BCUT2D eigenvalue weighted by molar-refractivity contribution is -0.161. The van der Waals surface area contributed by atoms with Crippen LogP contribution in [0.1, 0.15) is 162 Å². The van der Waals surface area contributed by atoms with Crippen molar-refractivity contribution in [1.29, 1.82) is 0 Å². The van der Waals surface area contributed by atoms with Crippen molar-refractivity contribution in [3.63, 3.8) is 0 Å². The predicted octanol–water partition coefficient (Wildman–Crippen LogP) is 14.8. The number of hydrogen-bond donors (Lipinski definition) is 2. The maximum absolute atomic E-state index is 12.1. The van der Waals surface area contributed by atoms with Crippen LogP contribution in [0.15, 0.2) is 146 Å². The van der Waals surface area contributed by atoms with E-state index in [1.54, 1.807) is 0 Å². The Labute approximate surface area is 377 Å². The smallest absolute Gasteiger partial charge is 0.306 e. The van der Waals surface area contributed by atoms with Crippen molar-refractivity contribution in [1.82, 2.24) is 0 Å². The average molecular weight is 857 g/mol. The van der Waals surface area contributed by atoms with E-state index in [0.29, 0.717) is 19.3 Å². The number of carboxylic acids is 1. The highest BCUT2D eigenvalue weighted by atomic mass is 16.6. The fraction of sp³-hybridized carbons (Fsp3) is 0.509. The van der Waals surface area contributed by atoms with E-state index in [2.05, 4.69) is 142 Å². The molecule has 0 fully saturated rings. The Morgan fingerprint density at radius 2 is 0.742 bits per heavy atom. The SMILES string of the molecule is CC/C=C\C/C=C\C/C=C\C/C=C\C/C=C\C/C=C\CCC(=O)OC[C@H](CO)OC(=O)CC/C=C\C/C=C\C/C=C\C/C=C\C/C=C\C/C=C\CC.CCCCCCCC(=O)O. The summed E-state index contributed by atoms with van der Waals surface area (Å²) in [7, 11) is 0. The Morgan fingerprint density at radius 3 is 1.06 bits per heavy atom. The number of esters is 2. The number of aliphatic hydroxyl groups excluding tert-OH is 1. The predicted molar refractivity (Wildman–Crippen MR) is 264 cm³/mol. The van der Waals surface area contributed by atoms with Gasteiger partial charge in [0.15, 0.2) is 6.10 Å². The molecule has 0 aliphatic carbocycles. The Hall–Kier alpha value is -4.75. The van der Waals surface area contributed by atoms with Crippen molar-refractivity contribution < 1.29 is 34.1 Å². The molecule has 0 aromatic rings. The molecule has 0 saturated heterocycles. The molecule has 62 heavy (non-hydrogen) atoms. The first-order valence-corrected chi connectivity index (χ1v) is 23.4. The number of aliphatic hydroxyl groups is 1. The summed E-state index contributed by atoms with van der Waals surface area (Å²) >= 11 is 0. The number of carboxylic acid groups (broad SMARTS) is 1. The van der Waals surface area contributed by atoms with E-state index in [1.807, 2.05) is 24.3 Å². The van der Waals surface area contributed by atoms with Crippen LogP contribution in [-0.4, -0.2) is 47.4 Å². The van der Waals surface area contributed by atoms with Crippen molar-refractivity contribution in [2.45, 2.75) is 168 Å². The molecule has 7 nitrogen and oxygen atoms in total. The largest absolute Gasteiger partial charge is 0.481 e. The summed E-state index contributed by atoms with van der Waals surface area (Å²) in [4.78, 5) is 34.2. The maximum Gasteiger partial charge on any atom is 0.306 e. The molecule has 7 heteroatoms. The first kappa shape index (κ1) is 59.3. The molecule has 0 bridgehead atoms. The number of carbonyl (C=O) groups excluding carboxylic acids is 2. The first-order chi connectivity index (χ1) is 30.4. The number of aliphatic carboxylic acids is 1. The molecule has 1 atom stereocenters. The molecule has 0 rings (SSSR count). The average Bonchev–Trinajstić information content (AvgIpc) is 3.26. The summed E-state index contributed by atoms with van der Waals surface area (Å²) in [5.41, 5.74) is 0. The molecule has 0 spiro atoms. The topological polar surface area (TPSA) is 110 Å². The third-order valence-corrected chi connectivity index (χ3v) is 8.65. The van der Waals surface area contributed by atoms with E-state index in [4.69, 9.17) is 14.6 Å². The molecular formula is C55H84O7. The van der Waals surface area contributed by atoms with Crippen molar-refractivity contribution in [3.8, 4) is 0 Å². The molecule has 0 radical (unpaired) electrons. The normalized spacial score (nSPS) is 13.2. The molecular weight excluding hydrogens is 773 g/mol. The van der Waals surface area contributed by atoms with E-state index < -0.39 is 24.6 Å². The van der Waals surface area contributed by atoms with Crippen molar-refractivity contribution in [2.75, 3.05) is 13.2 Å². The zero-order valence-corrected chi connectivity index (χ0v) is 38.8. The van der Waals surface area contributed by atoms with E-state index in [-0.39, 0.29) is 25.4 Å². The highest BCUT2D eigenvalue weighted by molar-refractivity contribution is 5.70. The Kier molecular flexibility index (Phi) is 50.1.